The Morgan fingerprint density at radius 2 is 1.85 bits per heavy atom. The summed E-state index contributed by atoms with van der Waals surface area (Å²) in [6.07, 6.45) is 4.53. The molecular weight excluding hydrogens is 295 g/mol. The fraction of sp³-hybridized carbons (Fsp3) is 0.625. The van der Waals surface area contributed by atoms with Crippen LogP contribution in [0.15, 0.2) is 12.1 Å². The molecule has 1 rings (SSSR count). The van der Waals surface area contributed by atoms with Gasteiger partial charge < -0.3 is 9.47 Å². The number of rotatable bonds is 8. The molecule has 4 heteroatoms. The lowest BCUT2D eigenvalue weighted by atomic mass is 9.91. The van der Waals surface area contributed by atoms with Crippen molar-refractivity contribution in [2.75, 3.05) is 14.2 Å². The lowest BCUT2D eigenvalue weighted by Gasteiger charge is -2.23. The number of ether oxygens (including phenoxy) is 2. The lowest BCUT2D eigenvalue weighted by Crippen LogP contribution is -2.09. The molecule has 0 amide bonds. The van der Waals surface area contributed by atoms with Gasteiger partial charge in [-0.05, 0) is 18.4 Å². The van der Waals surface area contributed by atoms with E-state index in [-0.39, 0.29) is 5.38 Å². The summed E-state index contributed by atoms with van der Waals surface area (Å²) in [6, 6.07) is 3.80. The molecule has 0 fully saturated rings. The standard InChI is InChI=1S/C16H24Cl2O2/c1-5-7-8-11(6-2)14(17)12-9-10-13(19-3)15(18)16(12)20-4/h9-11,14H,5-8H2,1-4H3. The minimum Gasteiger partial charge on any atom is -0.495 e. The molecule has 1 aromatic rings. The molecule has 1 aromatic carbocycles. The third kappa shape index (κ3) is 3.95. The molecule has 0 heterocycles. The van der Waals surface area contributed by atoms with Crippen LogP contribution < -0.4 is 9.47 Å². The minimum atomic E-state index is -0.0927. The first kappa shape index (κ1) is 17.5. The van der Waals surface area contributed by atoms with E-state index in [1.165, 1.54) is 12.8 Å². The van der Waals surface area contributed by atoms with Gasteiger partial charge in [-0.25, -0.2) is 0 Å². The Bertz CT molecular complexity index is 421. The molecular formula is C16H24Cl2O2. The van der Waals surface area contributed by atoms with Crippen LogP contribution in [0.25, 0.3) is 0 Å². The molecule has 0 radical (unpaired) electrons. The maximum Gasteiger partial charge on any atom is 0.145 e. The van der Waals surface area contributed by atoms with E-state index in [1.54, 1.807) is 14.2 Å². The Morgan fingerprint density at radius 3 is 2.35 bits per heavy atom. The van der Waals surface area contributed by atoms with Gasteiger partial charge >= 0.3 is 0 Å². The van der Waals surface area contributed by atoms with Crippen molar-refractivity contribution in [3.05, 3.63) is 22.7 Å². The topological polar surface area (TPSA) is 18.5 Å². The zero-order valence-corrected chi connectivity index (χ0v) is 14.2. The molecule has 2 nitrogen and oxygen atoms in total. The molecule has 0 aliphatic heterocycles. The van der Waals surface area contributed by atoms with Crippen molar-refractivity contribution < 1.29 is 9.47 Å². The second kappa shape index (κ2) is 8.63. The predicted molar refractivity (Wildman–Crippen MR) is 86.5 cm³/mol. The van der Waals surface area contributed by atoms with Crippen molar-refractivity contribution in [1.82, 2.24) is 0 Å². The van der Waals surface area contributed by atoms with Gasteiger partial charge in [0.2, 0.25) is 0 Å². The molecule has 0 aliphatic carbocycles. The predicted octanol–water partition coefficient (Wildman–Crippen LogP) is 5.85. The van der Waals surface area contributed by atoms with Crippen molar-refractivity contribution in [2.24, 2.45) is 5.92 Å². The summed E-state index contributed by atoms with van der Waals surface area (Å²) in [7, 11) is 3.20. The number of alkyl halides is 1. The average Bonchev–Trinajstić information content (AvgIpc) is 2.47. The highest BCUT2D eigenvalue weighted by Crippen LogP contribution is 2.45. The van der Waals surface area contributed by atoms with E-state index in [1.807, 2.05) is 12.1 Å². The van der Waals surface area contributed by atoms with Crippen molar-refractivity contribution in [3.63, 3.8) is 0 Å². The van der Waals surface area contributed by atoms with Gasteiger partial charge in [0.15, 0.2) is 0 Å². The number of hydrogen-bond donors (Lipinski definition) is 0. The highest BCUT2D eigenvalue weighted by Gasteiger charge is 2.24. The Hall–Kier alpha value is -0.600. The van der Waals surface area contributed by atoms with Crippen LogP contribution in [0.1, 0.15) is 50.5 Å². The van der Waals surface area contributed by atoms with Gasteiger partial charge in [-0.15, -0.1) is 11.6 Å². The van der Waals surface area contributed by atoms with E-state index in [2.05, 4.69) is 13.8 Å². The van der Waals surface area contributed by atoms with Crippen LogP contribution in [0, 0.1) is 5.92 Å². The lowest BCUT2D eigenvalue weighted by molar-refractivity contribution is 0.380. The van der Waals surface area contributed by atoms with Crippen LogP contribution in [0.2, 0.25) is 5.02 Å². The van der Waals surface area contributed by atoms with Crippen molar-refractivity contribution in [1.29, 1.82) is 0 Å². The van der Waals surface area contributed by atoms with Gasteiger partial charge in [0.25, 0.3) is 0 Å². The summed E-state index contributed by atoms with van der Waals surface area (Å²) in [5.41, 5.74) is 0.947. The maximum atomic E-state index is 6.68. The summed E-state index contributed by atoms with van der Waals surface area (Å²) in [4.78, 5) is 0. The largest absolute Gasteiger partial charge is 0.495 e. The number of hydrogen-bond acceptors (Lipinski definition) is 2. The Labute approximate surface area is 132 Å². The molecule has 0 saturated heterocycles. The monoisotopic (exact) mass is 318 g/mol. The average molecular weight is 319 g/mol. The van der Waals surface area contributed by atoms with Crippen LogP contribution in [0.3, 0.4) is 0 Å². The summed E-state index contributed by atoms with van der Waals surface area (Å²) in [5.74, 6) is 1.66. The molecule has 0 spiro atoms. The van der Waals surface area contributed by atoms with E-state index in [9.17, 15) is 0 Å². The van der Waals surface area contributed by atoms with Gasteiger partial charge in [-0.2, -0.15) is 0 Å². The first-order valence-corrected chi connectivity index (χ1v) is 7.96. The molecule has 2 unspecified atom stereocenters. The molecule has 0 saturated carbocycles. The molecule has 20 heavy (non-hydrogen) atoms. The third-order valence-corrected chi connectivity index (χ3v) is 4.63. The maximum absolute atomic E-state index is 6.68. The zero-order valence-electron chi connectivity index (χ0n) is 12.7. The number of unbranched alkanes of at least 4 members (excludes halogenated alkanes) is 1. The summed E-state index contributed by atoms with van der Waals surface area (Å²) in [6.45, 7) is 4.37. The molecule has 0 N–H and O–H groups in total. The zero-order chi connectivity index (χ0) is 15.1. The number of halogens is 2. The molecule has 0 aliphatic rings. The number of methoxy groups -OCH3 is 2. The minimum absolute atomic E-state index is 0.0927. The van der Waals surface area contributed by atoms with Gasteiger partial charge in [-0.3, -0.25) is 0 Å². The van der Waals surface area contributed by atoms with E-state index >= 15 is 0 Å². The fourth-order valence-electron chi connectivity index (χ4n) is 2.41. The molecule has 114 valence electrons. The van der Waals surface area contributed by atoms with Crippen molar-refractivity contribution in [3.8, 4) is 11.5 Å². The second-order valence-electron chi connectivity index (χ2n) is 4.92. The smallest absolute Gasteiger partial charge is 0.145 e. The van der Waals surface area contributed by atoms with E-state index in [0.29, 0.717) is 22.4 Å². The van der Waals surface area contributed by atoms with Crippen molar-refractivity contribution in [2.45, 2.75) is 44.9 Å². The second-order valence-corrected chi connectivity index (χ2v) is 5.76. The summed E-state index contributed by atoms with van der Waals surface area (Å²) < 4.78 is 10.7. The summed E-state index contributed by atoms with van der Waals surface area (Å²) in [5, 5.41) is 0.397. The van der Waals surface area contributed by atoms with E-state index in [0.717, 1.165) is 18.4 Å². The highest BCUT2D eigenvalue weighted by atomic mass is 35.5. The van der Waals surface area contributed by atoms with Crippen LogP contribution in [-0.4, -0.2) is 14.2 Å². The third-order valence-electron chi connectivity index (χ3n) is 3.68. The summed E-state index contributed by atoms with van der Waals surface area (Å²) >= 11 is 13.0. The van der Waals surface area contributed by atoms with Crippen LogP contribution in [0.4, 0.5) is 0 Å². The van der Waals surface area contributed by atoms with E-state index < -0.39 is 0 Å². The first-order chi connectivity index (χ1) is 9.60. The van der Waals surface area contributed by atoms with Crippen LogP contribution >= 0.6 is 23.2 Å². The quantitative estimate of drug-likeness (QED) is 0.559. The van der Waals surface area contributed by atoms with Gasteiger partial charge in [0.1, 0.15) is 16.5 Å². The first-order valence-electron chi connectivity index (χ1n) is 7.15. The SMILES string of the molecule is CCCCC(CC)C(Cl)c1ccc(OC)c(Cl)c1OC. The van der Waals surface area contributed by atoms with Crippen LogP contribution in [0.5, 0.6) is 11.5 Å². The van der Waals surface area contributed by atoms with E-state index in [4.69, 9.17) is 32.7 Å². The Balaban J connectivity index is 3.07. The van der Waals surface area contributed by atoms with Crippen molar-refractivity contribution >= 4 is 23.2 Å². The molecule has 2 atom stereocenters. The van der Waals surface area contributed by atoms with Gasteiger partial charge in [-0.1, -0.05) is 50.8 Å². The Morgan fingerprint density at radius 1 is 1.15 bits per heavy atom. The van der Waals surface area contributed by atoms with Gasteiger partial charge in [0, 0.05) is 5.56 Å². The normalized spacial score (nSPS) is 13.9. The number of benzene rings is 1. The molecule has 0 aromatic heterocycles. The van der Waals surface area contributed by atoms with Crippen LogP contribution in [-0.2, 0) is 0 Å². The Kier molecular flexibility index (Phi) is 7.53. The highest BCUT2D eigenvalue weighted by molar-refractivity contribution is 6.34. The fourth-order valence-corrected chi connectivity index (χ4v) is 3.22. The molecule has 0 bridgehead atoms. The van der Waals surface area contributed by atoms with Gasteiger partial charge in [0.05, 0.1) is 19.6 Å².